The molecule has 0 aromatic heterocycles. The van der Waals surface area contributed by atoms with Gasteiger partial charge in [-0.2, -0.15) is 0 Å². The third-order valence-corrected chi connectivity index (χ3v) is 8.92. The largest absolute Gasteiger partial charge is 0.506 e. The fourth-order valence-corrected chi connectivity index (χ4v) is 6.83. The Balaban J connectivity index is 2.24. The SMILES string of the molecule is CCc1cc(C2(c3cc(CC)c(CC)c(Br)c3O)OC(=O)c3ccc(C(=O)O)cc32)c(O)c(Br)c1CC. The molecule has 194 valence electrons. The molecule has 0 fully saturated rings. The van der Waals surface area contributed by atoms with Crippen LogP contribution in [-0.2, 0) is 36.0 Å². The summed E-state index contributed by atoms with van der Waals surface area (Å²) in [5.74, 6) is -2.11. The number of carbonyl (C=O) groups excluding carboxylic acids is 1. The maximum Gasteiger partial charge on any atom is 0.340 e. The Morgan fingerprint density at radius 1 is 0.811 bits per heavy atom. The highest BCUT2D eigenvalue weighted by Crippen LogP contribution is 2.55. The van der Waals surface area contributed by atoms with Crippen LogP contribution >= 0.6 is 31.9 Å². The molecule has 0 amide bonds. The Labute approximate surface area is 232 Å². The van der Waals surface area contributed by atoms with Crippen molar-refractivity contribution >= 4 is 43.8 Å². The zero-order valence-electron chi connectivity index (χ0n) is 21.0. The zero-order valence-corrected chi connectivity index (χ0v) is 24.2. The van der Waals surface area contributed by atoms with Crippen molar-refractivity contribution in [2.24, 2.45) is 0 Å². The number of benzene rings is 3. The maximum atomic E-state index is 13.3. The van der Waals surface area contributed by atoms with Gasteiger partial charge < -0.3 is 20.1 Å². The summed E-state index contributed by atoms with van der Waals surface area (Å²) in [7, 11) is 0. The quantitative estimate of drug-likeness (QED) is 0.242. The number of esters is 1. The van der Waals surface area contributed by atoms with Crippen LogP contribution in [0.1, 0.15) is 87.4 Å². The van der Waals surface area contributed by atoms with Crippen LogP contribution in [0.2, 0.25) is 0 Å². The molecule has 1 heterocycles. The summed E-state index contributed by atoms with van der Waals surface area (Å²) in [6.07, 6.45) is 2.61. The molecule has 3 aromatic carbocycles. The highest BCUT2D eigenvalue weighted by atomic mass is 79.9. The molecule has 0 radical (unpaired) electrons. The molecule has 3 aromatic rings. The number of halogens is 2. The van der Waals surface area contributed by atoms with Crippen LogP contribution < -0.4 is 0 Å². The zero-order chi connectivity index (χ0) is 27.2. The predicted molar refractivity (Wildman–Crippen MR) is 148 cm³/mol. The minimum atomic E-state index is -1.79. The smallest absolute Gasteiger partial charge is 0.340 e. The Morgan fingerprint density at radius 3 is 1.70 bits per heavy atom. The van der Waals surface area contributed by atoms with E-state index in [0.717, 1.165) is 22.3 Å². The summed E-state index contributed by atoms with van der Waals surface area (Å²) < 4.78 is 7.10. The van der Waals surface area contributed by atoms with Gasteiger partial charge in [0.05, 0.1) is 20.1 Å². The number of aromatic hydroxyl groups is 2. The van der Waals surface area contributed by atoms with Gasteiger partial charge in [0.25, 0.3) is 0 Å². The average molecular weight is 632 g/mol. The Kier molecular flexibility index (Phi) is 7.45. The number of hydrogen-bond donors (Lipinski definition) is 3. The molecule has 0 saturated carbocycles. The first kappa shape index (κ1) is 27.2. The van der Waals surface area contributed by atoms with Crippen LogP contribution in [0.4, 0.5) is 0 Å². The Hall–Kier alpha value is -2.84. The third-order valence-electron chi connectivity index (χ3n) is 7.21. The first-order chi connectivity index (χ1) is 17.6. The number of hydrogen-bond acceptors (Lipinski definition) is 5. The Morgan fingerprint density at radius 2 is 1.30 bits per heavy atom. The fraction of sp³-hybridized carbons (Fsp3) is 0.310. The standard InChI is InChI=1S/C29H28Br2O6/c1-5-14-11-21(25(32)23(30)17(14)7-3)29(22-12-15(6-2)18(8-4)24(31)26(22)33)20-13-16(27(34)35)9-10-19(20)28(36)37-29/h9-13,32-33H,5-8H2,1-4H3,(H,34,35). The van der Waals surface area contributed by atoms with E-state index in [1.165, 1.54) is 18.2 Å². The van der Waals surface area contributed by atoms with Gasteiger partial charge in [0.15, 0.2) is 5.60 Å². The first-order valence-electron chi connectivity index (χ1n) is 12.3. The number of ether oxygens (including phenoxy) is 1. The van der Waals surface area contributed by atoms with Gasteiger partial charge in [-0.05, 0) is 110 Å². The van der Waals surface area contributed by atoms with Crippen molar-refractivity contribution in [2.75, 3.05) is 0 Å². The Bertz CT molecular complexity index is 1380. The van der Waals surface area contributed by atoms with Crippen molar-refractivity contribution in [1.82, 2.24) is 0 Å². The molecule has 0 spiro atoms. The number of aryl methyl sites for hydroxylation is 2. The van der Waals surface area contributed by atoms with Gasteiger partial charge in [0.1, 0.15) is 11.5 Å². The number of carboxylic acid groups (broad SMARTS) is 1. The number of rotatable bonds is 7. The van der Waals surface area contributed by atoms with Crippen LogP contribution in [-0.4, -0.2) is 27.3 Å². The lowest BCUT2D eigenvalue weighted by Crippen LogP contribution is -2.31. The van der Waals surface area contributed by atoms with E-state index < -0.39 is 17.5 Å². The molecular weight excluding hydrogens is 604 g/mol. The number of cyclic esters (lactones) is 1. The van der Waals surface area contributed by atoms with Crippen molar-refractivity contribution in [1.29, 1.82) is 0 Å². The van der Waals surface area contributed by atoms with E-state index in [1.807, 2.05) is 27.7 Å². The third kappa shape index (κ3) is 4.05. The summed E-state index contributed by atoms with van der Waals surface area (Å²) in [4.78, 5) is 25.2. The highest BCUT2D eigenvalue weighted by Gasteiger charge is 2.53. The summed E-state index contributed by atoms with van der Waals surface area (Å²) in [6.45, 7) is 7.95. The summed E-state index contributed by atoms with van der Waals surface area (Å²) >= 11 is 7.09. The molecule has 4 rings (SSSR count). The van der Waals surface area contributed by atoms with E-state index in [9.17, 15) is 24.9 Å². The van der Waals surface area contributed by atoms with Crippen LogP contribution in [0.25, 0.3) is 0 Å². The van der Waals surface area contributed by atoms with Gasteiger partial charge in [-0.1, -0.05) is 27.7 Å². The lowest BCUT2D eigenvalue weighted by Gasteiger charge is -2.34. The van der Waals surface area contributed by atoms with E-state index in [4.69, 9.17) is 4.74 Å². The topological polar surface area (TPSA) is 104 Å². The summed E-state index contributed by atoms with van der Waals surface area (Å²) in [5, 5.41) is 32.8. The molecule has 0 saturated heterocycles. The van der Waals surface area contributed by atoms with Crippen LogP contribution in [0.15, 0.2) is 39.3 Å². The number of fused-ring (bicyclic) bond motifs is 1. The van der Waals surface area contributed by atoms with Gasteiger partial charge in [-0.25, -0.2) is 9.59 Å². The minimum Gasteiger partial charge on any atom is -0.506 e. The van der Waals surface area contributed by atoms with Crippen molar-refractivity contribution in [3.63, 3.8) is 0 Å². The molecule has 0 unspecified atom stereocenters. The lowest BCUT2D eigenvalue weighted by atomic mass is 9.76. The fourth-order valence-electron chi connectivity index (χ4n) is 5.34. The summed E-state index contributed by atoms with van der Waals surface area (Å²) in [6, 6.07) is 7.74. The molecule has 3 N–H and O–H groups in total. The van der Waals surface area contributed by atoms with E-state index in [0.29, 0.717) is 34.6 Å². The van der Waals surface area contributed by atoms with E-state index in [1.54, 1.807) is 12.1 Å². The van der Waals surface area contributed by atoms with Crippen molar-refractivity contribution in [2.45, 2.75) is 59.0 Å². The monoisotopic (exact) mass is 630 g/mol. The van der Waals surface area contributed by atoms with Gasteiger partial charge in [0, 0.05) is 16.7 Å². The lowest BCUT2D eigenvalue weighted by molar-refractivity contribution is 0.0238. The molecule has 37 heavy (non-hydrogen) atoms. The van der Waals surface area contributed by atoms with Crippen LogP contribution in [0.3, 0.4) is 0 Å². The average Bonchev–Trinajstić information content (AvgIpc) is 3.18. The number of phenolic OH excluding ortho intramolecular Hbond substituents is 2. The second kappa shape index (κ2) is 10.1. The summed E-state index contributed by atoms with van der Waals surface area (Å²) in [5.41, 5.74) is 2.79. The molecule has 1 aliphatic rings. The van der Waals surface area contributed by atoms with Gasteiger partial charge in [-0.3, -0.25) is 0 Å². The first-order valence-corrected chi connectivity index (χ1v) is 13.8. The number of carbonyl (C=O) groups is 2. The van der Waals surface area contributed by atoms with E-state index in [-0.39, 0.29) is 39.3 Å². The second-order valence-corrected chi connectivity index (χ2v) is 10.6. The predicted octanol–water partition coefficient (Wildman–Crippen LogP) is 7.03. The van der Waals surface area contributed by atoms with E-state index in [2.05, 4.69) is 31.9 Å². The number of aromatic carboxylic acids is 1. The van der Waals surface area contributed by atoms with E-state index >= 15 is 0 Å². The maximum absolute atomic E-state index is 13.3. The normalized spacial score (nSPS) is 13.9. The minimum absolute atomic E-state index is 0.0414. The number of carboxylic acids is 1. The molecule has 0 bridgehead atoms. The molecule has 1 aliphatic heterocycles. The van der Waals surface area contributed by atoms with Gasteiger partial charge in [0.2, 0.25) is 0 Å². The molecule has 0 atom stereocenters. The van der Waals surface area contributed by atoms with Crippen molar-refractivity contribution in [3.8, 4) is 11.5 Å². The van der Waals surface area contributed by atoms with Gasteiger partial charge >= 0.3 is 11.9 Å². The highest BCUT2D eigenvalue weighted by molar-refractivity contribution is 9.11. The van der Waals surface area contributed by atoms with Crippen LogP contribution in [0, 0.1) is 0 Å². The second-order valence-electron chi connectivity index (χ2n) is 9.00. The van der Waals surface area contributed by atoms with Crippen molar-refractivity contribution in [3.05, 3.63) is 89.3 Å². The van der Waals surface area contributed by atoms with Gasteiger partial charge in [-0.15, -0.1) is 0 Å². The van der Waals surface area contributed by atoms with Crippen LogP contribution in [0.5, 0.6) is 11.5 Å². The molecular formula is C29H28Br2O6. The number of phenols is 2. The molecule has 0 aliphatic carbocycles. The molecule has 6 nitrogen and oxygen atoms in total. The van der Waals surface area contributed by atoms with Crippen molar-refractivity contribution < 1.29 is 29.6 Å². The molecule has 8 heteroatoms.